The summed E-state index contributed by atoms with van der Waals surface area (Å²) in [4.78, 5) is 0. The van der Waals surface area contributed by atoms with Crippen LogP contribution in [0.1, 0.15) is 12.5 Å². The van der Waals surface area contributed by atoms with Crippen molar-refractivity contribution < 1.29 is 9.47 Å². The second-order valence-electron chi connectivity index (χ2n) is 3.32. The third kappa shape index (κ3) is 4.19. The lowest BCUT2D eigenvalue weighted by atomic mass is 10.2. The number of nitrogens with one attached hydrogen (secondary N) is 1. The molecule has 0 aromatic heterocycles. The maximum absolute atomic E-state index is 7.35. The van der Waals surface area contributed by atoms with Crippen LogP contribution in [0, 0.1) is 5.41 Å². The molecular weight excluding hydrogens is 236 g/mol. The van der Waals surface area contributed by atoms with Gasteiger partial charge in [-0.1, -0.05) is 6.92 Å². The fourth-order valence-electron chi connectivity index (χ4n) is 1.31. The molecule has 0 spiro atoms. The molecule has 0 aliphatic rings. The van der Waals surface area contributed by atoms with Gasteiger partial charge >= 0.3 is 0 Å². The summed E-state index contributed by atoms with van der Waals surface area (Å²) in [5.74, 6) is 3.36. The number of rotatable bonds is 7. The van der Waals surface area contributed by atoms with Crippen LogP contribution in [0.5, 0.6) is 11.5 Å². The van der Waals surface area contributed by atoms with E-state index in [2.05, 4.69) is 6.92 Å². The molecule has 0 atom stereocenters. The molecule has 0 saturated carbocycles. The van der Waals surface area contributed by atoms with E-state index in [-0.39, 0.29) is 5.84 Å². The minimum atomic E-state index is 0.0244. The number of nitrogen functional groups attached to an aromatic ring is 1. The molecule has 0 bridgehead atoms. The average Bonchev–Trinajstić information content (AvgIpc) is 2.34. The zero-order valence-corrected chi connectivity index (χ0v) is 11.0. The van der Waals surface area contributed by atoms with E-state index in [1.165, 1.54) is 0 Å². The molecular formula is C12H18N2O2S. The summed E-state index contributed by atoms with van der Waals surface area (Å²) in [6.07, 6.45) is 0. The van der Waals surface area contributed by atoms with Gasteiger partial charge in [0, 0.05) is 11.3 Å². The van der Waals surface area contributed by atoms with E-state index in [4.69, 9.17) is 20.6 Å². The first-order valence-corrected chi connectivity index (χ1v) is 6.57. The molecule has 0 heterocycles. The summed E-state index contributed by atoms with van der Waals surface area (Å²) < 4.78 is 10.8. The van der Waals surface area contributed by atoms with Crippen LogP contribution in [0.15, 0.2) is 18.2 Å². The first-order chi connectivity index (χ1) is 8.19. The van der Waals surface area contributed by atoms with Crippen LogP contribution in [-0.4, -0.2) is 31.1 Å². The highest BCUT2D eigenvalue weighted by molar-refractivity contribution is 7.99. The molecule has 4 nitrogen and oxygen atoms in total. The van der Waals surface area contributed by atoms with Gasteiger partial charge in [-0.05, 0) is 24.0 Å². The zero-order chi connectivity index (χ0) is 12.7. The molecule has 17 heavy (non-hydrogen) atoms. The van der Waals surface area contributed by atoms with Crippen molar-refractivity contribution in [3.8, 4) is 11.5 Å². The number of thioether (sulfide) groups is 1. The molecule has 0 aliphatic heterocycles. The Morgan fingerprint density at radius 3 is 2.76 bits per heavy atom. The predicted molar refractivity (Wildman–Crippen MR) is 72.5 cm³/mol. The van der Waals surface area contributed by atoms with Gasteiger partial charge in [-0.25, -0.2) is 0 Å². The second-order valence-corrected chi connectivity index (χ2v) is 4.72. The summed E-state index contributed by atoms with van der Waals surface area (Å²) in [5.41, 5.74) is 6.05. The maximum Gasteiger partial charge on any atom is 0.161 e. The average molecular weight is 254 g/mol. The molecule has 5 heteroatoms. The number of methoxy groups -OCH3 is 1. The Kier molecular flexibility index (Phi) is 5.69. The highest BCUT2D eigenvalue weighted by atomic mass is 32.2. The van der Waals surface area contributed by atoms with E-state index >= 15 is 0 Å². The van der Waals surface area contributed by atoms with Crippen LogP contribution in [-0.2, 0) is 0 Å². The first kappa shape index (κ1) is 13.7. The van der Waals surface area contributed by atoms with Gasteiger partial charge in [-0.3, -0.25) is 5.41 Å². The highest BCUT2D eigenvalue weighted by Crippen LogP contribution is 2.28. The lowest BCUT2D eigenvalue weighted by Crippen LogP contribution is -2.11. The van der Waals surface area contributed by atoms with Crippen LogP contribution in [0.25, 0.3) is 0 Å². The normalized spacial score (nSPS) is 10.0. The minimum Gasteiger partial charge on any atom is -0.493 e. The molecule has 0 fully saturated rings. The predicted octanol–water partition coefficient (Wildman–Crippen LogP) is 2.11. The Morgan fingerprint density at radius 1 is 1.41 bits per heavy atom. The van der Waals surface area contributed by atoms with Crippen molar-refractivity contribution in [3.05, 3.63) is 23.8 Å². The third-order valence-corrected chi connectivity index (χ3v) is 3.03. The minimum absolute atomic E-state index is 0.0244. The number of ether oxygens (including phenoxy) is 2. The molecule has 3 N–H and O–H groups in total. The number of hydrogen-bond donors (Lipinski definition) is 2. The molecule has 0 saturated heterocycles. The monoisotopic (exact) mass is 254 g/mol. The standard InChI is InChI=1S/C12H18N2O2S/c1-3-17-7-6-16-10-5-4-9(12(13)14)8-11(10)15-2/h4-5,8H,3,6-7H2,1-2H3,(H3,13,14). The van der Waals surface area contributed by atoms with Gasteiger partial charge in [0.25, 0.3) is 0 Å². The summed E-state index contributed by atoms with van der Waals surface area (Å²) in [6.45, 7) is 2.77. The summed E-state index contributed by atoms with van der Waals surface area (Å²) in [5, 5.41) is 7.35. The zero-order valence-electron chi connectivity index (χ0n) is 10.2. The van der Waals surface area contributed by atoms with E-state index in [0.717, 1.165) is 11.5 Å². The number of hydrogen-bond acceptors (Lipinski definition) is 4. The fourth-order valence-corrected chi connectivity index (χ4v) is 1.80. The smallest absolute Gasteiger partial charge is 0.161 e. The molecule has 1 rings (SSSR count). The van der Waals surface area contributed by atoms with Crippen LogP contribution in [0.3, 0.4) is 0 Å². The maximum atomic E-state index is 7.35. The van der Waals surface area contributed by atoms with E-state index in [1.807, 2.05) is 11.8 Å². The van der Waals surface area contributed by atoms with Crippen molar-refractivity contribution in [3.63, 3.8) is 0 Å². The van der Waals surface area contributed by atoms with Gasteiger partial charge in [-0.15, -0.1) is 0 Å². The fraction of sp³-hybridized carbons (Fsp3) is 0.417. The van der Waals surface area contributed by atoms with Crippen molar-refractivity contribution in [2.75, 3.05) is 25.2 Å². The summed E-state index contributed by atoms with van der Waals surface area (Å²) in [6, 6.07) is 5.25. The molecule has 1 aromatic rings. The Labute approximate surface area is 106 Å². The van der Waals surface area contributed by atoms with Gasteiger partial charge in [0.1, 0.15) is 5.84 Å². The molecule has 0 radical (unpaired) electrons. The van der Waals surface area contributed by atoms with Gasteiger partial charge in [0.05, 0.1) is 13.7 Å². The number of nitrogens with two attached hydrogens (primary N) is 1. The van der Waals surface area contributed by atoms with Crippen molar-refractivity contribution in [2.45, 2.75) is 6.92 Å². The highest BCUT2D eigenvalue weighted by Gasteiger charge is 2.06. The van der Waals surface area contributed by atoms with Crippen LogP contribution >= 0.6 is 11.8 Å². The van der Waals surface area contributed by atoms with Gasteiger partial charge < -0.3 is 15.2 Å². The van der Waals surface area contributed by atoms with Gasteiger partial charge in [0.15, 0.2) is 11.5 Å². The molecule has 0 amide bonds. The Balaban J connectivity index is 2.68. The topological polar surface area (TPSA) is 68.3 Å². The summed E-state index contributed by atoms with van der Waals surface area (Å²) in [7, 11) is 1.58. The van der Waals surface area contributed by atoms with E-state index < -0.39 is 0 Å². The third-order valence-electron chi connectivity index (χ3n) is 2.16. The van der Waals surface area contributed by atoms with E-state index in [0.29, 0.717) is 23.7 Å². The first-order valence-electron chi connectivity index (χ1n) is 5.42. The van der Waals surface area contributed by atoms with Crippen molar-refractivity contribution in [1.29, 1.82) is 5.41 Å². The van der Waals surface area contributed by atoms with Crippen molar-refractivity contribution in [2.24, 2.45) is 5.73 Å². The van der Waals surface area contributed by atoms with Crippen LogP contribution in [0.4, 0.5) is 0 Å². The Bertz CT molecular complexity index is 383. The number of amidine groups is 1. The molecule has 1 aromatic carbocycles. The Hall–Kier alpha value is -1.36. The van der Waals surface area contributed by atoms with Crippen molar-refractivity contribution >= 4 is 17.6 Å². The molecule has 94 valence electrons. The van der Waals surface area contributed by atoms with Crippen LogP contribution < -0.4 is 15.2 Å². The van der Waals surface area contributed by atoms with E-state index in [1.54, 1.807) is 25.3 Å². The SMILES string of the molecule is CCSCCOc1ccc(C(=N)N)cc1OC. The second kappa shape index (κ2) is 7.06. The molecule has 0 unspecified atom stereocenters. The largest absolute Gasteiger partial charge is 0.493 e. The van der Waals surface area contributed by atoms with E-state index in [9.17, 15) is 0 Å². The number of benzene rings is 1. The lowest BCUT2D eigenvalue weighted by molar-refractivity contribution is 0.313. The Morgan fingerprint density at radius 2 is 2.18 bits per heavy atom. The molecule has 0 aliphatic carbocycles. The van der Waals surface area contributed by atoms with Gasteiger partial charge in [0.2, 0.25) is 0 Å². The quantitative estimate of drug-likeness (QED) is 0.444. The van der Waals surface area contributed by atoms with Crippen LogP contribution in [0.2, 0.25) is 0 Å². The van der Waals surface area contributed by atoms with Crippen molar-refractivity contribution in [1.82, 2.24) is 0 Å². The van der Waals surface area contributed by atoms with Gasteiger partial charge in [-0.2, -0.15) is 11.8 Å². The lowest BCUT2D eigenvalue weighted by Gasteiger charge is -2.11. The summed E-state index contributed by atoms with van der Waals surface area (Å²) >= 11 is 1.83.